The lowest BCUT2D eigenvalue weighted by Gasteiger charge is -2.30. The molecule has 1 aromatic carbocycles. The van der Waals surface area contributed by atoms with E-state index in [0.717, 1.165) is 25.0 Å². The van der Waals surface area contributed by atoms with Gasteiger partial charge in [0.25, 0.3) is 0 Å². The molecule has 1 amide bonds. The highest BCUT2D eigenvalue weighted by molar-refractivity contribution is 5.50. The molecule has 0 saturated heterocycles. The standard InChI is InChI=1S/C15H15NO2/c17-10-16-14-8-7-13(15-6-3-9-18-15)11-4-1-2-5-12(11)14/h1-6,9-10,13-14H,7-8H2,(H,16,17). The quantitative estimate of drug-likeness (QED) is 0.839. The van der Waals surface area contributed by atoms with E-state index in [9.17, 15) is 4.79 Å². The summed E-state index contributed by atoms with van der Waals surface area (Å²) < 4.78 is 5.54. The molecular weight excluding hydrogens is 226 g/mol. The SMILES string of the molecule is O=CNC1CCC(c2ccco2)c2ccccc21. The fourth-order valence-electron chi connectivity index (χ4n) is 2.83. The lowest BCUT2D eigenvalue weighted by molar-refractivity contribution is -0.110. The molecule has 2 aromatic rings. The smallest absolute Gasteiger partial charge is 0.207 e. The molecule has 1 aromatic heterocycles. The van der Waals surface area contributed by atoms with E-state index in [1.807, 2.05) is 24.3 Å². The van der Waals surface area contributed by atoms with Crippen LogP contribution in [0.5, 0.6) is 0 Å². The molecule has 3 rings (SSSR count). The Bertz CT molecular complexity index is 533. The summed E-state index contributed by atoms with van der Waals surface area (Å²) in [6.45, 7) is 0. The third-order valence-electron chi connectivity index (χ3n) is 3.65. The van der Waals surface area contributed by atoms with Crippen LogP contribution in [-0.2, 0) is 4.79 Å². The maximum absolute atomic E-state index is 10.7. The van der Waals surface area contributed by atoms with Gasteiger partial charge in [-0.25, -0.2) is 0 Å². The molecule has 18 heavy (non-hydrogen) atoms. The van der Waals surface area contributed by atoms with Crippen LogP contribution in [0, 0.1) is 0 Å². The van der Waals surface area contributed by atoms with Gasteiger partial charge in [-0.2, -0.15) is 0 Å². The van der Waals surface area contributed by atoms with Gasteiger partial charge in [0.1, 0.15) is 5.76 Å². The minimum absolute atomic E-state index is 0.130. The van der Waals surface area contributed by atoms with Crippen LogP contribution in [0.25, 0.3) is 0 Å². The van der Waals surface area contributed by atoms with Gasteiger partial charge < -0.3 is 9.73 Å². The fourth-order valence-corrected chi connectivity index (χ4v) is 2.83. The van der Waals surface area contributed by atoms with E-state index >= 15 is 0 Å². The summed E-state index contributed by atoms with van der Waals surface area (Å²) in [7, 11) is 0. The van der Waals surface area contributed by atoms with Crippen LogP contribution >= 0.6 is 0 Å². The van der Waals surface area contributed by atoms with Gasteiger partial charge in [0.05, 0.1) is 12.3 Å². The summed E-state index contributed by atoms with van der Waals surface area (Å²) in [6.07, 6.45) is 4.44. The highest BCUT2D eigenvalue weighted by Crippen LogP contribution is 2.40. The molecule has 0 saturated carbocycles. The lowest BCUT2D eigenvalue weighted by Crippen LogP contribution is -2.25. The van der Waals surface area contributed by atoms with Crippen molar-refractivity contribution in [2.24, 2.45) is 0 Å². The second kappa shape index (κ2) is 4.69. The van der Waals surface area contributed by atoms with Gasteiger partial charge >= 0.3 is 0 Å². The molecule has 1 heterocycles. The number of carbonyl (C=O) groups excluding carboxylic acids is 1. The normalized spacial score (nSPS) is 22.2. The van der Waals surface area contributed by atoms with Crippen molar-refractivity contribution < 1.29 is 9.21 Å². The average molecular weight is 241 g/mol. The lowest BCUT2D eigenvalue weighted by atomic mass is 9.79. The van der Waals surface area contributed by atoms with Crippen molar-refractivity contribution in [3.63, 3.8) is 0 Å². The van der Waals surface area contributed by atoms with E-state index in [2.05, 4.69) is 17.4 Å². The molecule has 1 N–H and O–H groups in total. The second-order valence-electron chi connectivity index (χ2n) is 4.61. The maximum Gasteiger partial charge on any atom is 0.207 e. The average Bonchev–Trinajstić information content (AvgIpc) is 2.93. The zero-order valence-corrected chi connectivity index (χ0v) is 10.0. The number of hydrogen-bond acceptors (Lipinski definition) is 2. The van der Waals surface area contributed by atoms with Gasteiger partial charge in [-0.05, 0) is 36.1 Å². The van der Waals surface area contributed by atoms with Gasteiger partial charge in [-0.15, -0.1) is 0 Å². The number of benzene rings is 1. The minimum Gasteiger partial charge on any atom is -0.469 e. The third kappa shape index (κ3) is 1.82. The summed E-state index contributed by atoms with van der Waals surface area (Å²) in [4.78, 5) is 10.7. The van der Waals surface area contributed by atoms with Gasteiger partial charge in [0.15, 0.2) is 0 Å². The Labute approximate surface area is 106 Å². The Morgan fingerprint density at radius 1 is 1.11 bits per heavy atom. The Morgan fingerprint density at radius 3 is 2.67 bits per heavy atom. The second-order valence-corrected chi connectivity index (χ2v) is 4.61. The topological polar surface area (TPSA) is 42.2 Å². The van der Waals surface area contributed by atoms with Crippen molar-refractivity contribution in [2.75, 3.05) is 0 Å². The summed E-state index contributed by atoms with van der Waals surface area (Å²) in [5.41, 5.74) is 2.47. The molecule has 92 valence electrons. The molecule has 2 atom stereocenters. The van der Waals surface area contributed by atoms with E-state index in [0.29, 0.717) is 5.92 Å². The highest BCUT2D eigenvalue weighted by Gasteiger charge is 2.28. The first-order chi connectivity index (χ1) is 8.90. The molecule has 1 aliphatic carbocycles. The van der Waals surface area contributed by atoms with Crippen LogP contribution in [-0.4, -0.2) is 6.41 Å². The molecule has 0 fully saturated rings. The van der Waals surface area contributed by atoms with Crippen LogP contribution < -0.4 is 5.32 Å². The van der Waals surface area contributed by atoms with Crippen LogP contribution in [0.4, 0.5) is 0 Å². The van der Waals surface area contributed by atoms with Crippen molar-refractivity contribution in [2.45, 2.75) is 24.8 Å². The van der Waals surface area contributed by atoms with Crippen LogP contribution in [0.1, 0.15) is 41.7 Å². The van der Waals surface area contributed by atoms with E-state index in [4.69, 9.17) is 4.42 Å². The first kappa shape index (κ1) is 11.1. The van der Waals surface area contributed by atoms with E-state index in [1.54, 1.807) is 6.26 Å². The number of fused-ring (bicyclic) bond motifs is 1. The summed E-state index contributed by atoms with van der Waals surface area (Å²) in [6, 6.07) is 12.3. The Hall–Kier alpha value is -2.03. The molecule has 3 heteroatoms. The predicted octanol–water partition coefficient (Wildman–Crippen LogP) is 2.99. The highest BCUT2D eigenvalue weighted by atomic mass is 16.3. The number of rotatable bonds is 3. The zero-order valence-electron chi connectivity index (χ0n) is 10.0. The van der Waals surface area contributed by atoms with E-state index < -0.39 is 0 Å². The molecule has 3 nitrogen and oxygen atoms in total. The molecule has 0 radical (unpaired) electrons. The first-order valence-electron chi connectivity index (χ1n) is 6.22. The van der Waals surface area contributed by atoms with Gasteiger partial charge in [0.2, 0.25) is 6.41 Å². The monoisotopic (exact) mass is 241 g/mol. The van der Waals surface area contributed by atoms with E-state index in [-0.39, 0.29) is 6.04 Å². The number of hydrogen-bond donors (Lipinski definition) is 1. The van der Waals surface area contributed by atoms with Gasteiger partial charge in [-0.3, -0.25) is 4.79 Å². The molecule has 2 unspecified atom stereocenters. The Kier molecular flexibility index (Phi) is 2.89. The molecule has 0 spiro atoms. The van der Waals surface area contributed by atoms with Crippen molar-refractivity contribution in [1.82, 2.24) is 5.32 Å². The van der Waals surface area contributed by atoms with Gasteiger partial charge in [-0.1, -0.05) is 24.3 Å². The maximum atomic E-state index is 10.7. The summed E-state index contributed by atoms with van der Waals surface area (Å²) >= 11 is 0. The Morgan fingerprint density at radius 2 is 1.94 bits per heavy atom. The fraction of sp³-hybridized carbons (Fsp3) is 0.267. The third-order valence-corrected chi connectivity index (χ3v) is 3.65. The van der Waals surface area contributed by atoms with E-state index in [1.165, 1.54) is 11.1 Å². The van der Waals surface area contributed by atoms with Crippen molar-refractivity contribution >= 4 is 6.41 Å². The number of nitrogens with one attached hydrogen (secondary N) is 1. The first-order valence-corrected chi connectivity index (χ1v) is 6.22. The number of carbonyl (C=O) groups is 1. The number of amides is 1. The minimum atomic E-state index is 0.130. The summed E-state index contributed by atoms with van der Waals surface area (Å²) in [5, 5.41) is 2.90. The predicted molar refractivity (Wildman–Crippen MR) is 68.2 cm³/mol. The van der Waals surface area contributed by atoms with Crippen molar-refractivity contribution in [3.8, 4) is 0 Å². The van der Waals surface area contributed by atoms with Crippen molar-refractivity contribution in [3.05, 3.63) is 59.5 Å². The Balaban J connectivity index is 2.01. The summed E-state index contributed by atoms with van der Waals surface area (Å²) in [5.74, 6) is 1.31. The molecule has 1 aliphatic rings. The molecular formula is C15H15NO2. The van der Waals surface area contributed by atoms with Gasteiger partial charge in [0, 0.05) is 5.92 Å². The van der Waals surface area contributed by atoms with Crippen molar-refractivity contribution in [1.29, 1.82) is 0 Å². The number of furan rings is 1. The largest absolute Gasteiger partial charge is 0.469 e. The molecule has 0 bridgehead atoms. The van der Waals surface area contributed by atoms with Crippen LogP contribution in [0.15, 0.2) is 47.1 Å². The molecule has 0 aliphatic heterocycles. The van der Waals surface area contributed by atoms with Crippen LogP contribution in [0.3, 0.4) is 0 Å². The van der Waals surface area contributed by atoms with Crippen LogP contribution in [0.2, 0.25) is 0 Å². The zero-order chi connectivity index (χ0) is 12.4.